The number of aromatic nitrogens is 4. The van der Waals surface area contributed by atoms with E-state index in [1.165, 1.54) is 6.42 Å². The molecule has 1 aliphatic heterocycles. The van der Waals surface area contributed by atoms with Gasteiger partial charge in [0.1, 0.15) is 5.69 Å². The second-order valence-electron chi connectivity index (χ2n) is 7.89. The highest BCUT2D eigenvalue weighted by Crippen LogP contribution is 2.32. The molecule has 3 heterocycles. The molecule has 0 atom stereocenters. The molecule has 4 rings (SSSR count). The van der Waals surface area contributed by atoms with Crippen molar-refractivity contribution in [1.82, 2.24) is 19.9 Å². The van der Waals surface area contributed by atoms with Crippen LogP contribution in [-0.2, 0) is 11.0 Å². The lowest BCUT2D eigenvalue weighted by Crippen LogP contribution is -2.44. The van der Waals surface area contributed by atoms with Crippen LogP contribution in [0, 0.1) is 6.92 Å². The van der Waals surface area contributed by atoms with Gasteiger partial charge in [0.15, 0.2) is 5.82 Å². The lowest BCUT2D eigenvalue weighted by Gasteiger charge is -2.36. The molecular formula is C20H27F3N8O. The van der Waals surface area contributed by atoms with E-state index in [0.717, 1.165) is 25.2 Å². The van der Waals surface area contributed by atoms with Crippen LogP contribution in [0.4, 0.5) is 36.6 Å². The van der Waals surface area contributed by atoms with Gasteiger partial charge in [0.05, 0.1) is 17.8 Å². The summed E-state index contributed by atoms with van der Waals surface area (Å²) in [4.78, 5) is 29.8. The second-order valence-corrected chi connectivity index (χ2v) is 7.89. The highest BCUT2D eigenvalue weighted by molar-refractivity contribution is 6.00. The molecule has 0 bridgehead atoms. The van der Waals surface area contributed by atoms with E-state index in [2.05, 4.69) is 49.7 Å². The predicted octanol–water partition coefficient (Wildman–Crippen LogP) is 3.45. The summed E-state index contributed by atoms with van der Waals surface area (Å²) in [5.41, 5.74) is 0.406. The van der Waals surface area contributed by atoms with Crippen molar-refractivity contribution in [3.63, 3.8) is 0 Å². The molecule has 174 valence electrons. The van der Waals surface area contributed by atoms with Gasteiger partial charge in [-0.3, -0.25) is 4.79 Å². The van der Waals surface area contributed by atoms with Gasteiger partial charge in [-0.15, -0.1) is 0 Å². The zero-order valence-corrected chi connectivity index (χ0v) is 18.4. The van der Waals surface area contributed by atoms with Crippen LogP contribution in [0.3, 0.4) is 0 Å². The molecule has 3 N–H and O–H groups in total. The predicted molar refractivity (Wildman–Crippen MR) is 116 cm³/mol. The van der Waals surface area contributed by atoms with Crippen molar-refractivity contribution < 1.29 is 18.0 Å². The lowest BCUT2D eigenvalue weighted by molar-refractivity contribution is -0.138. The minimum Gasteiger partial charge on any atom is -0.351 e. The normalized spacial score (nSPS) is 19.7. The fraction of sp³-hybridized carbons (Fsp3) is 0.550. The Morgan fingerprint density at radius 2 is 1.66 bits per heavy atom. The number of alkyl halides is 3. The standard InChI is InChI=1S/C17H19F3N8O.C3H8/c1-8-13-14(28(2)7-12(29)26-13)27-16(23-8)25-11-3-10(4-11)24-15-21-5-9(6-22-15)17(18,19)20;1-3-2/h5-6,10-11H,3-4,7H2,1-2H3,(H,26,29)(H,21,22,24)(H,23,25,27);3H2,1-2H3. The van der Waals surface area contributed by atoms with Crippen molar-refractivity contribution in [2.75, 3.05) is 34.4 Å². The second kappa shape index (κ2) is 9.53. The summed E-state index contributed by atoms with van der Waals surface area (Å²) in [6.45, 7) is 6.28. The number of anilines is 4. The Kier molecular flexibility index (Phi) is 6.99. The summed E-state index contributed by atoms with van der Waals surface area (Å²) in [6.07, 6.45) is -0.230. The maximum Gasteiger partial charge on any atom is 0.419 e. The number of hydrogen-bond donors (Lipinski definition) is 3. The first-order valence-electron chi connectivity index (χ1n) is 10.4. The summed E-state index contributed by atoms with van der Waals surface area (Å²) < 4.78 is 37.7. The SMILES string of the molecule is CCC.Cc1nc(NC2CC(Nc3ncc(C(F)(F)F)cn3)C2)nc2c1NC(=O)CN2C. The van der Waals surface area contributed by atoms with E-state index in [1.807, 2.05) is 0 Å². The average Bonchev–Trinajstić information content (AvgIpc) is 2.67. The van der Waals surface area contributed by atoms with E-state index in [0.29, 0.717) is 23.1 Å². The van der Waals surface area contributed by atoms with Crippen molar-refractivity contribution in [1.29, 1.82) is 0 Å². The van der Waals surface area contributed by atoms with Crippen LogP contribution in [0.25, 0.3) is 0 Å². The minimum atomic E-state index is -4.45. The number of carbonyl (C=O) groups is 1. The highest BCUT2D eigenvalue weighted by atomic mass is 19.4. The maximum absolute atomic E-state index is 12.6. The van der Waals surface area contributed by atoms with Crippen LogP contribution in [-0.4, -0.2) is 51.5 Å². The first-order chi connectivity index (χ1) is 15.1. The van der Waals surface area contributed by atoms with E-state index >= 15 is 0 Å². The van der Waals surface area contributed by atoms with Gasteiger partial charge in [-0.25, -0.2) is 15.0 Å². The van der Waals surface area contributed by atoms with Crippen LogP contribution in [0.2, 0.25) is 0 Å². The number of aryl methyl sites for hydroxylation is 1. The number of halogens is 3. The van der Waals surface area contributed by atoms with E-state index in [-0.39, 0.29) is 30.5 Å². The van der Waals surface area contributed by atoms with Crippen molar-refractivity contribution in [3.8, 4) is 0 Å². The molecule has 0 aromatic carbocycles. The molecule has 0 radical (unpaired) electrons. The van der Waals surface area contributed by atoms with Crippen molar-refractivity contribution >= 4 is 29.3 Å². The lowest BCUT2D eigenvalue weighted by atomic mass is 9.87. The van der Waals surface area contributed by atoms with Crippen molar-refractivity contribution in [3.05, 3.63) is 23.7 Å². The summed E-state index contributed by atoms with van der Waals surface area (Å²) >= 11 is 0. The van der Waals surface area contributed by atoms with Crippen molar-refractivity contribution in [2.45, 2.75) is 58.3 Å². The Hall–Kier alpha value is -3.18. The molecule has 1 fully saturated rings. The van der Waals surface area contributed by atoms with Gasteiger partial charge in [-0.2, -0.15) is 18.2 Å². The van der Waals surface area contributed by atoms with Gasteiger partial charge in [0.2, 0.25) is 17.8 Å². The maximum atomic E-state index is 12.6. The molecule has 0 unspecified atom stereocenters. The fourth-order valence-corrected chi connectivity index (χ4v) is 3.28. The quantitative estimate of drug-likeness (QED) is 0.648. The van der Waals surface area contributed by atoms with Gasteiger partial charge >= 0.3 is 6.18 Å². The molecule has 1 aliphatic carbocycles. The number of amides is 1. The van der Waals surface area contributed by atoms with Crippen LogP contribution >= 0.6 is 0 Å². The molecule has 0 saturated heterocycles. The molecule has 1 saturated carbocycles. The van der Waals surface area contributed by atoms with E-state index in [1.54, 1.807) is 18.9 Å². The first-order valence-corrected chi connectivity index (χ1v) is 10.4. The summed E-state index contributed by atoms with van der Waals surface area (Å²) in [6, 6.07) is 0.160. The highest BCUT2D eigenvalue weighted by Gasteiger charge is 2.33. The number of carbonyl (C=O) groups excluding carboxylic acids is 1. The van der Waals surface area contributed by atoms with Gasteiger partial charge < -0.3 is 20.9 Å². The summed E-state index contributed by atoms with van der Waals surface area (Å²) in [5, 5.41) is 9.06. The van der Waals surface area contributed by atoms with E-state index in [9.17, 15) is 18.0 Å². The monoisotopic (exact) mass is 452 g/mol. The molecule has 9 nitrogen and oxygen atoms in total. The zero-order chi connectivity index (χ0) is 23.5. The first kappa shape index (κ1) is 23.5. The number of fused-ring (bicyclic) bond motifs is 1. The molecule has 2 aliphatic rings. The summed E-state index contributed by atoms with van der Waals surface area (Å²) in [7, 11) is 1.79. The third-order valence-electron chi connectivity index (χ3n) is 4.86. The van der Waals surface area contributed by atoms with Crippen LogP contribution < -0.4 is 20.9 Å². The Morgan fingerprint density at radius 3 is 2.22 bits per heavy atom. The van der Waals surface area contributed by atoms with E-state index in [4.69, 9.17) is 0 Å². The Labute approximate surface area is 184 Å². The number of nitrogens with one attached hydrogen (secondary N) is 3. The minimum absolute atomic E-state index is 0.0462. The topological polar surface area (TPSA) is 108 Å². The van der Waals surface area contributed by atoms with Gasteiger partial charge in [-0.05, 0) is 19.8 Å². The van der Waals surface area contributed by atoms with Gasteiger partial charge in [-0.1, -0.05) is 20.3 Å². The molecular weight excluding hydrogens is 425 g/mol. The number of hydrogen-bond acceptors (Lipinski definition) is 8. The summed E-state index contributed by atoms with van der Waals surface area (Å²) in [5.74, 6) is 1.19. The van der Waals surface area contributed by atoms with Crippen molar-refractivity contribution in [2.24, 2.45) is 0 Å². The molecule has 32 heavy (non-hydrogen) atoms. The zero-order valence-electron chi connectivity index (χ0n) is 18.4. The molecule has 1 amide bonds. The molecule has 12 heteroatoms. The Balaban J connectivity index is 0.000000913. The smallest absolute Gasteiger partial charge is 0.351 e. The third kappa shape index (κ3) is 5.54. The molecule has 2 aromatic rings. The third-order valence-corrected chi connectivity index (χ3v) is 4.86. The largest absolute Gasteiger partial charge is 0.419 e. The number of rotatable bonds is 4. The fourth-order valence-electron chi connectivity index (χ4n) is 3.28. The number of likely N-dealkylation sites (N-methyl/N-ethyl adjacent to an activating group) is 1. The number of nitrogens with zero attached hydrogens (tertiary/aromatic N) is 5. The Morgan fingerprint density at radius 1 is 1.09 bits per heavy atom. The van der Waals surface area contributed by atoms with Crippen LogP contribution in [0.1, 0.15) is 44.4 Å². The Bertz CT molecular complexity index is 945. The van der Waals surface area contributed by atoms with Crippen LogP contribution in [0.5, 0.6) is 0 Å². The van der Waals surface area contributed by atoms with Crippen LogP contribution in [0.15, 0.2) is 12.4 Å². The molecule has 2 aromatic heterocycles. The molecule has 0 spiro atoms. The van der Waals surface area contributed by atoms with E-state index < -0.39 is 11.7 Å². The average molecular weight is 452 g/mol. The van der Waals surface area contributed by atoms with Gasteiger partial charge in [0.25, 0.3) is 0 Å². The van der Waals surface area contributed by atoms with Gasteiger partial charge in [0, 0.05) is 31.5 Å².